The summed E-state index contributed by atoms with van der Waals surface area (Å²) in [6, 6.07) is 0. The molecule has 0 aliphatic carbocycles. The van der Waals surface area contributed by atoms with E-state index in [1.807, 2.05) is 21.6 Å². The molecule has 4 heteroatoms. The maximum Gasteiger partial charge on any atom is 0.219 e. The first kappa shape index (κ1) is 15.2. The first-order chi connectivity index (χ1) is 8.18. The van der Waals surface area contributed by atoms with E-state index in [2.05, 4.69) is 19.2 Å². The highest BCUT2D eigenvalue weighted by Gasteiger charge is 2.15. The Morgan fingerprint density at radius 1 is 1.41 bits per heavy atom. The lowest BCUT2D eigenvalue weighted by Gasteiger charge is -2.08. The average molecular weight is 275 g/mol. The smallest absolute Gasteiger partial charge is 0.219 e. The number of carbonyl (C=O) groups excluding carboxylic acids is 1. The van der Waals surface area contributed by atoms with Crippen LogP contribution in [0, 0.1) is 5.92 Å². The number of hydrogen-bond acceptors (Lipinski definition) is 3. The summed E-state index contributed by atoms with van der Waals surface area (Å²) in [6.45, 7) is 5.21. The van der Waals surface area contributed by atoms with Crippen molar-refractivity contribution in [2.45, 2.75) is 57.6 Å². The van der Waals surface area contributed by atoms with Gasteiger partial charge in [0.1, 0.15) is 0 Å². The summed E-state index contributed by atoms with van der Waals surface area (Å²) in [5.74, 6) is 2.22. The topological polar surface area (TPSA) is 29.1 Å². The lowest BCUT2D eigenvalue weighted by molar-refractivity contribution is -0.121. The molecular weight excluding hydrogens is 250 g/mol. The molecule has 1 atom stereocenters. The molecule has 1 amide bonds. The van der Waals surface area contributed by atoms with Gasteiger partial charge >= 0.3 is 0 Å². The molecule has 0 unspecified atom stereocenters. The van der Waals surface area contributed by atoms with Gasteiger partial charge in [-0.05, 0) is 31.6 Å². The fourth-order valence-electron chi connectivity index (χ4n) is 1.81. The summed E-state index contributed by atoms with van der Waals surface area (Å²) < 4.78 is 0. The summed E-state index contributed by atoms with van der Waals surface area (Å²) in [6.07, 6.45) is 6.70. The number of amides is 1. The van der Waals surface area contributed by atoms with Crippen molar-refractivity contribution in [2.24, 2.45) is 5.92 Å². The van der Waals surface area contributed by atoms with E-state index in [-0.39, 0.29) is 5.91 Å². The molecule has 1 saturated heterocycles. The Labute approximate surface area is 113 Å². The summed E-state index contributed by atoms with van der Waals surface area (Å²) >= 11 is 0. The van der Waals surface area contributed by atoms with E-state index in [9.17, 15) is 4.79 Å². The molecule has 1 heterocycles. The van der Waals surface area contributed by atoms with Crippen LogP contribution in [0.2, 0.25) is 0 Å². The quantitative estimate of drug-likeness (QED) is 0.539. The van der Waals surface area contributed by atoms with E-state index in [1.54, 1.807) is 0 Å². The van der Waals surface area contributed by atoms with Crippen LogP contribution in [0.4, 0.5) is 0 Å². The van der Waals surface area contributed by atoms with Crippen LogP contribution in [0.15, 0.2) is 0 Å². The van der Waals surface area contributed by atoms with Crippen LogP contribution in [0.1, 0.15) is 52.4 Å². The van der Waals surface area contributed by atoms with Gasteiger partial charge in [-0.2, -0.15) is 0 Å². The first-order valence-corrected chi connectivity index (χ1v) is 9.11. The van der Waals surface area contributed by atoms with Crippen molar-refractivity contribution in [1.82, 2.24) is 5.32 Å². The Balaban J connectivity index is 1.89. The van der Waals surface area contributed by atoms with Crippen molar-refractivity contribution >= 4 is 27.5 Å². The minimum absolute atomic E-state index is 0.235. The molecule has 100 valence electrons. The number of rotatable bonds is 8. The molecule has 0 aromatic carbocycles. The normalized spacial score (nSPS) is 19.8. The van der Waals surface area contributed by atoms with E-state index in [4.69, 9.17) is 0 Å². The molecular formula is C13H25NOS2. The molecule has 1 rings (SSSR count). The standard InChI is InChI=1S/C13H25NOS2/c1-11(2)7-9-14-13(15)6-4-3-5-12-8-10-16-17-12/h11-12H,3-10H2,1-2H3,(H,14,15)/t12-/m0/s1. The second-order valence-electron chi connectivity index (χ2n) is 5.11. The predicted molar refractivity (Wildman–Crippen MR) is 79.4 cm³/mol. The molecule has 0 saturated carbocycles. The Morgan fingerprint density at radius 3 is 2.88 bits per heavy atom. The maximum absolute atomic E-state index is 11.5. The van der Waals surface area contributed by atoms with Gasteiger partial charge in [0.25, 0.3) is 0 Å². The van der Waals surface area contributed by atoms with Gasteiger partial charge in [-0.15, -0.1) is 0 Å². The third kappa shape index (κ3) is 7.98. The van der Waals surface area contributed by atoms with Crippen LogP contribution in [0.3, 0.4) is 0 Å². The summed E-state index contributed by atoms with van der Waals surface area (Å²) in [5.41, 5.74) is 0. The Kier molecular flexibility index (Phi) is 8.19. The van der Waals surface area contributed by atoms with Crippen LogP contribution in [-0.4, -0.2) is 23.5 Å². The highest BCUT2D eigenvalue weighted by atomic mass is 33.1. The van der Waals surface area contributed by atoms with Crippen molar-refractivity contribution in [3.05, 3.63) is 0 Å². The summed E-state index contributed by atoms with van der Waals surface area (Å²) in [5, 5.41) is 3.85. The largest absolute Gasteiger partial charge is 0.356 e. The predicted octanol–water partition coefficient (Wildman–Crippen LogP) is 3.86. The van der Waals surface area contributed by atoms with E-state index in [0.29, 0.717) is 12.3 Å². The van der Waals surface area contributed by atoms with Gasteiger partial charge in [-0.25, -0.2) is 0 Å². The van der Waals surface area contributed by atoms with E-state index in [1.165, 1.54) is 25.0 Å². The molecule has 1 aliphatic rings. The molecule has 0 bridgehead atoms. The van der Waals surface area contributed by atoms with Crippen molar-refractivity contribution in [3.8, 4) is 0 Å². The van der Waals surface area contributed by atoms with Crippen LogP contribution in [-0.2, 0) is 4.79 Å². The minimum Gasteiger partial charge on any atom is -0.356 e. The third-order valence-corrected chi connectivity index (χ3v) is 5.96. The van der Waals surface area contributed by atoms with Gasteiger partial charge in [0.2, 0.25) is 5.91 Å². The Hall–Kier alpha value is 0.170. The number of hydrogen-bond donors (Lipinski definition) is 1. The molecule has 2 nitrogen and oxygen atoms in total. The second kappa shape index (κ2) is 9.15. The van der Waals surface area contributed by atoms with Gasteiger partial charge in [0.15, 0.2) is 0 Å². The monoisotopic (exact) mass is 275 g/mol. The number of unbranched alkanes of at least 4 members (excludes halogenated alkanes) is 1. The van der Waals surface area contributed by atoms with Gasteiger partial charge in [-0.3, -0.25) is 4.79 Å². The molecule has 1 aliphatic heterocycles. The maximum atomic E-state index is 11.5. The van der Waals surface area contributed by atoms with Crippen molar-refractivity contribution in [3.63, 3.8) is 0 Å². The fraction of sp³-hybridized carbons (Fsp3) is 0.923. The highest BCUT2D eigenvalue weighted by molar-refractivity contribution is 8.77. The molecule has 0 aromatic heterocycles. The fourth-order valence-corrected chi connectivity index (χ4v) is 4.84. The molecule has 17 heavy (non-hydrogen) atoms. The van der Waals surface area contributed by atoms with Gasteiger partial charge in [0.05, 0.1) is 0 Å². The Bertz CT molecular complexity index is 215. The zero-order chi connectivity index (χ0) is 12.5. The van der Waals surface area contributed by atoms with Crippen molar-refractivity contribution in [2.75, 3.05) is 12.3 Å². The molecule has 0 spiro atoms. The minimum atomic E-state index is 0.235. The molecule has 0 aromatic rings. The van der Waals surface area contributed by atoms with Crippen LogP contribution in [0.5, 0.6) is 0 Å². The molecule has 0 radical (unpaired) electrons. The summed E-state index contributed by atoms with van der Waals surface area (Å²) in [7, 11) is 4.03. The van der Waals surface area contributed by atoms with Crippen LogP contribution >= 0.6 is 21.6 Å². The van der Waals surface area contributed by atoms with Crippen LogP contribution < -0.4 is 5.32 Å². The van der Waals surface area contributed by atoms with E-state index < -0.39 is 0 Å². The van der Waals surface area contributed by atoms with Gasteiger partial charge in [-0.1, -0.05) is 41.9 Å². The zero-order valence-electron chi connectivity index (χ0n) is 11.0. The van der Waals surface area contributed by atoms with Gasteiger partial charge in [0, 0.05) is 24.0 Å². The Morgan fingerprint density at radius 2 is 2.24 bits per heavy atom. The van der Waals surface area contributed by atoms with Crippen LogP contribution in [0.25, 0.3) is 0 Å². The van der Waals surface area contributed by atoms with Crippen molar-refractivity contribution in [1.29, 1.82) is 0 Å². The number of carbonyl (C=O) groups is 1. The molecule has 1 fully saturated rings. The highest BCUT2D eigenvalue weighted by Crippen LogP contribution is 2.39. The lowest BCUT2D eigenvalue weighted by Crippen LogP contribution is -2.24. The molecule has 1 N–H and O–H groups in total. The lowest BCUT2D eigenvalue weighted by atomic mass is 10.1. The van der Waals surface area contributed by atoms with E-state index in [0.717, 1.165) is 24.6 Å². The van der Waals surface area contributed by atoms with Crippen molar-refractivity contribution < 1.29 is 4.79 Å². The second-order valence-corrected chi connectivity index (χ2v) is 7.89. The SMILES string of the molecule is CC(C)CCNC(=O)CCCC[C@H]1CCSS1. The average Bonchev–Trinajstić information content (AvgIpc) is 2.76. The number of nitrogens with one attached hydrogen (secondary N) is 1. The van der Waals surface area contributed by atoms with E-state index >= 15 is 0 Å². The third-order valence-electron chi connectivity index (χ3n) is 2.95. The van der Waals surface area contributed by atoms with Gasteiger partial charge < -0.3 is 5.32 Å². The summed E-state index contributed by atoms with van der Waals surface area (Å²) in [4.78, 5) is 11.5. The first-order valence-electron chi connectivity index (χ1n) is 6.73. The zero-order valence-corrected chi connectivity index (χ0v) is 12.7.